The first kappa shape index (κ1) is 31.5. The molecule has 9 heteroatoms. The van der Waals surface area contributed by atoms with E-state index in [9.17, 15) is 14.3 Å². The van der Waals surface area contributed by atoms with E-state index in [4.69, 9.17) is 18.5 Å². The third-order valence-electron chi connectivity index (χ3n) is 4.92. The monoisotopic (exact) mass is 482 g/mol. The summed E-state index contributed by atoms with van der Waals surface area (Å²) in [4.78, 5) is 21.9. The zero-order valence-electron chi connectivity index (χ0n) is 21.2. The number of phosphoric acid groups is 1. The SMILES string of the molecule is CCCCCCCCCCOCC(COP(=O)(O)OCC[N+](C)(C)C)OC(=O)CCCC. The first-order valence-corrected chi connectivity index (χ1v) is 13.8. The van der Waals surface area contributed by atoms with Gasteiger partial charge in [0, 0.05) is 13.0 Å². The molecule has 2 atom stereocenters. The molecule has 1 N–H and O–H groups in total. The Morgan fingerprint density at radius 3 is 2.03 bits per heavy atom. The number of quaternary nitrogens is 1. The Kier molecular flexibility index (Phi) is 18.6. The van der Waals surface area contributed by atoms with Gasteiger partial charge in [0.15, 0.2) is 0 Å². The van der Waals surface area contributed by atoms with Crippen molar-refractivity contribution in [2.75, 3.05) is 54.1 Å². The van der Waals surface area contributed by atoms with Crippen LogP contribution in [0.4, 0.5) is 0 Å². The van der Waals surface area contributed by atoms with Crippen LogP contribution in [0.2, 0.25) is 0 Å². The van der Waals surface area contributed by atoms with Crippen LogP contribution in [0.25, 0.3) is 0 Å². The highest BCUT2D eigenvalue weighted by Crippen LogP contribution is 2.43. The molecule has 0 aliphatic rings. The highest BCUT2D eigenvalue weighted by molar-refractivity contribution is 7.47. The molecule has 0 radical (unpaired) electrons. The van der Waals surface area contributed by atoms with Crippen LogP contribution in [0.5, 0.6) is 0 Å². The number of ether oxygens (including phenoxy) is 2. The Bertz CT molecular complexity index is 511. The van der Waals surface area contributed by atoms with Gasteiger partial charge in [0.25, 0.3) is 0 Å². The molecule has 0 spiro atoms. The summed E-state index contributed by atoms with van der Waals surface area (Å²) in [7, 11) is 1.66. The minimum atomic E-state index is -4.22. The lowest BCUT2D eigenvalue weighted by molar-refractivity contribution is -0.870. The maximum atomic E-state index is 12.1. The number of nitrogens with zero attached hydrogens (tertiary/aromatic N) is 1. The van der Waals surface area contributed by atoms with E-state index in [1.54, 1.807) is 0 Å². The topological polar surface area (TPSA) is 91.3 Å². The van der Waals surface area contributed by atoms with Crippen molar-refractivity contribution < 1.29 is 37.3 Å². The number of carbonyl (C=O) groups excluding carboxylic acids is 1. The van der Waals surface area contributed by atoms with Gasteiger partial charge in [0.05, 0.1) is 34.4 Å². The fraction of sp³-hybridized carbons (Fsp3) is 0.957. The molecule has 0 aromatic carbocycles. The number of esters is 1. The Morgan fingerprint density at radius 1 is 0.844 bits per heavy atom. The van der Waals surface area contributed by atoms with Gasteiger partial charge in [-0.25, -0.2) is 4.57 Å². The lowest BCUT2D eigenvalue weighted by atomic mass is 10.1. The van der Waals surface area contributed by atoms with E-state index < -0.39 is 13.9 Å². The van der Waals surface area contributed by atoms with Gasteiger partial charge in [-0.15, -0.1) is 0 Å². The average Bonchev–Trinajstić information content (AvgIpc) is 2.70. The van der Waals surface area contributed by atoms with Crippen molar-refractivity contribution in [3.8, 4) is 0 Å². The minimum Gasteiger partial charge on any atom is -0.457 e. The van der Waals surface area contributed by atoms with Crippen molar-refractivity contribution in [3.63, 3.8) is 0 Å². The van der Waals surface area contributed by atoms with Crippen molar-refractivity contribution in [1.82, 2.24) is 0 Å². The largest absolute Gasteiger partial charge is 0.472 e. The molecule has 0 aliphatic carbocycles. The predicted molar refractivity (Wildman–Crippen MR) is 127 cm³/mol. The summed E-state index contributed by atoms with van der Waals surface area (Å²) >= 11 is 0. The zero-order chi connectivity index (χ0) is 24.3. The third-order valence-corrected chi connectivity index (χ3v) is 5.90. The van der Waals surface area contributed by atoms with Gasteiger partial charge in [0.2, 0.25) is 0 Å². The van der Waals surface area contributed by atoms with Gasteiger partial charge in [-0.2, -0.15) is 0 Å². The zero-order valence-corrected chi connectivity index (χ0v) is 22.1. The summed E-state index contributed by atoms with van der Waals surface area (Å²) in [5, 5.41) is 0. The Morgan fingerprint density at radius 2 is 1.44 bits per heavy atom. The molecule has 32 heavy (non-hydrogen) atoms. The molecular weight excluding hydrogens is 433 g/mol. The van der Waals surface area contributed by atoms with E-state index in [1.807, 2.05) is 28.1 Å². The van der Waals surface area contributed by atoms with Gasteiger partial charge in [-0.05, 0) is 12.8 Å². The van der Waals surface area contributed by atoms with Crippen molar-refractivity contribution in [1.29, 1.82) is 0 Å². The summed E-state index contributed by atoms with van der Waals surface area (Å²) in [6.07, 6.45) is 10.9. The number of likely N-dealkylation sites (N-methyl/N-ethyl adjacent to an activating group) is 1. The summed E-state index contributed by atoms with van der Waals surface area (Å²) in [6, 6.07) is 0. The van der Waals surface area contributed by atoms with E-state index in [0.29, 0.717) is 24.1 Å². The first-order valence-electron chi connectivity index (χ1n) is 12.3. The molecule has 0 aliphatic heterocycles. The number of phosphoric ester groups is 1. The lowest BCUT2D eigenvalue weighted by Crippen LogP contribution is -2.37. The van der Waals surface area contributed by atoms with Crippen molar-refractivity contribution in [2.24, 2.45) is 0 Å². The second-order valence-corrected chi connectivity index (χ2v) is 10.8. The second-order valence-electron chi connectivity index (χ2n) is 9.38. The first-order chi connectivity index (χ1) is 15.1. The number of unbranched alkanes of at least 4 members (excludes halogenated alkanes) is 8. The number of carbonyl (C=O) groups is 1. The van der Waals surface area contributed by atoms with E-state index in [0.717, 1.165) is 25.7 Å². The fourth-order valence-corrected chi connectivity index (χ4v) is 3.62. The van der Waals surface area contributed by atoms with Crippen molar-refractivity contribution >= 4 is 13.8 Å². The Hall–Kier alpha value is -0.500. The highest BCUT2D eigenvalue weighted by Gasteiger charge is 2.26. The second kappa shape index (κ2) is 18.9. The average molecular weight is 483 g/mol. The number of hydrogen-bond acceptors (Lipinski definition) is 6. The minimum absolute atomic E-state index is 0.0905. The van der Waals surface area contributed by atoms with Crippen LogP contribution in [0.1, 0.15) is 84.5 Å². The molecule has 0 aromatic heterocycles. The van der Waals surface area contributed by atoms with Gasteiger partial charge in [-0.3, -0.25) is 13.8 Å². The quantitative estimate of drug-likeness (QED) is 0.0995. The van der Waals surface area contributed by atoms with Crippen LogP contribution >= 0.6 is 7.82 Å². The summed E-state index contributed by atoms with van der Waals surface area (Å²) in [5.41, 5.74) is 0. The van der Waals surface area contributed by atoms with Crippen molar-refractivity contribution in [3.05, 3.63) is 0 Å². The van der Waals surface area contributed by atoms with Gasteiger partial charge in [-0.1, -0.05) is 65.2 Å². The van der Waals surface area contributed by atoms with E-state index in [1.165, 1.54) is 38.5 Å². The van der Waals surface area contributed by atoms with Gasteiger partial charge in [0.1, 0.15) is 19.3 Å². The maximum Gasteiger partial charge on any atom is 0.472 e. The standard InChI is InChI=1S/C23H48NO7P/c1-6-8-10-11-12-13-14-15-18-28-20-22(31-23(25)16-9-7-2)21-30-32(26,27)29-19-17-24(3,4)5/h22H,6-21H2,1-5H3/p+1. The van der Waals surface area contributed by atoms with Crippen LogP contribution in [-0.2, 0) is 27.9 Å². The summed E-state index contributed by atoms with van der Waals surface area (Å²) in [6.45, 7) is 5.32. The van der Waals surface area contributed by atoms with E-state index in [2.05, 4.69) is 6.92 Å². The third kappa shape index (κ3) is 21.4. The number of rotatable bonds is 22. The van der Waals surface area contributed by atoms with Crippen LogP contribution in [0.15, 0.2) is 0 Å². The van der Waals surface area contributed by atoms with Crippen molar-refractivity contribution in [2.45, 2.75) is 90.6 Å². The van der Waals surface area contributed by atoms with Gasteiger partial charge >= 0.3 is 13.8 Å². The lowest BCUT2D eigenvalue weighted by Gasteiger charge is -2.24. The van der Waals surface area contributed by atoms with E-state index >= 15 is 0 Å². The summed E-state index contributed by atoms with van der Waals surface area (Å²) in [5.74, 6) is -0.352. The smallest absolute Gasteiger partial charge is 0.457 e. The molecule has 192 valence electrons. The Balaban J connectivity index is 4.29. The molecule has 0 saturated carbocycles. The fourth-order valence-electron chi connectivity index (χ4n) is 2.88. The molecule has 0 heterocycles. The van der Waals surface area contributed by atoms with Crippen LogP contribution in [0.3, 0.4) is 0 Å². The van der Waals surface area contributed by atoms with Crippen LogP contribution in [-0.4, -0.2) is 75.6 Å². The molecule has 0 bridgehead atoms. The Labute approximate surface area is 196 Å². The summed E-state index contributed by atoms with van der Waals surface area (Å²) < 4.78 is 33.9. The molecule has 0 aromatic rings. The molecule has 2 unspecified atom stereocenters. The molecule has 0 rings (SSSR count). The molecule has 8 nitrogen and oxygen atoms in total. The van der Waals surface area contributed by atoms with Crippen LogP contribution < -0.4 is 0 Å². The molecular formula is C23H49NO7P+. The number of hydrogen-bond donors (Lipinski definition) is 1. The van der Waals surface area contributed by atoms with E-state index in [-0.39, 0.29) is 25.8 Å². The normalized spacial score (nSPS) is 14.8. The molecule has 0 amide bonds. The molecule has 0 fully saturated rings. The predicted octanol–water partition coefficient (Wildman–Crippen LogP) is 5.09. The van der Waals surface area contributed by atoms with Gasteiger partial charge < -0.3 is 18.9 Å². The van der Waals surface area contributed by atoms with Crippen LogP contribution in [0, 0.1) is 0 Å². The highest BCUT2D eigenvalue weighted by atomic mass is 31.2. The molecule has 0 saturated heterocycles. The maximum absolute atomic E-state index is 12.1.